The number of carbonyl (C=O) groups is 1. The van der Waals surface area contributed by atoms with Gasteiger partial charge in [-0.05, 0) is 0 Å². The molecule has 4 nitrogen and oxygen atoms in total. The molecule has 0 saturated heterocycles. The van der Waals surface area contributed by atoms with Crippen molar-refractivity contribution in [3.63, 3.8) is 0 Å². The first kappa shape index (κ1) is 10.9. The van der Waals surface area contributed by atoms with Crippen LogP contribution in [-0.4, -0.2) is 10.9 Å². The third-order valence-corrected chi connectivity index (χ3v) is 1.69. The van der Waals surface area contributed by atoms with Gasteiger partial charge < -0.3 is 14.9 Å². The Morgan fingerprint density at radius 2 is 2.36 bits per heavy atom. The van der Waals surface area contributed by atoms with Crippen LogP contribution in [0.15, 0.2) is 16.5 Å². The molecule has 2 aromatic rings. The van der Waals surface area contributed by atoms with E-state index in [4.69, 9.17) is 10.2 Å². The molecule has 2 N–H and O–H groups in total. The summed E-state index contributed by atoms with van der Waals surface area (Å²) in [5.41, 5.74) is 6.63. The molecule has 0 aliphatic rings. The Kier molecular flexibility index (Phi) is 3.01. The molecule has 0 unspecified atom stereocenters. The first-order valence-electron chi connectivity index (χ1n) is 3.75. The maximum absolute atomic E-state index is 10.8. The van der Waals surface area contributed by atoms with E-state index < -0.39 is 5.91 Å². The van der Waals surface area contributed by atoms with Crippen LogP contribution in [0.25, 0.3) is 11.1 Å². The molecule has 0 saturated carbocycles. The summed E-state index contributed by atoms with van der Waals surface area (Å²) in [4.78, 5) is 14.8. The molecule has 1 radical (unpaired) electrons. The normalized spacial score (nSPS) is 9.79. The maximum Gasteiger partial charge on any atom is 0.180 e. The number of amides is 1. The van der Waals surface area contributed by atoms with E-state index in [9.17, 15) is 4.79 Å². The Labute approximate surface area is 93.2 Å². The van der Waals surface area contributed by atoms with Gasteiger partial charge in [0, 0.05) is 31.9 Å². The van der Waals surface area contributed by atoms with Gasteiger partial charge in [-0.1, -0.05) is 11.6 Å². The van der Waals surface area contributed by atoms with Crippen LogP contribution in [0.2, 0.25) is 0 Å². The number of rotatable bonds is 1. The fraction of sp³-hybridized carbons (Fsp3) is 0.111. The van der Waals surface area contributed by atoms with Gasteiger partial charge >= 0.3 is 0 Å². The summed E-state index contributed by atoms with van der Waals surface area (Å²) in [6, 6.07) is 5.86. The number of fused-ring (bicyclic) bond motifs is 1. The third-order valence-electron chi connectivity index (χ3n) is 1.69. The van der Waals surface area contributed by atoms with Gasteiger partial charge in [0.25, 0.3) is 0 Å². The van der Waals surface area contributed by atoms with E-state index in [1.54, 1.807) is 13.0 Å². The second-order valence-electron chi connectivity index (χ2n) is 2.69. The molecule has 0 aliphatic carbocycles. The van der Waals surface area contributed by atoms with Crippen LogP contribution in [0, 0.1) is 13.0 Å². The molecule has 0 bridgehead atoms. The summed E-state index contributed by atoms with van der Waals surface area (Å²) in [5.74, 6) is 0.0426. The summed E-state index contributed by atoms with van der Waals surface area (Å²) in [6.45, 7) is 1.74. The molecule has 1 heterocycles. The van der Waals surface area contributed by atoms with Crippen molar-refractivity contribution in [2.45, 2.75) is 6.92 Å². The largest absolute Gasteiger partial charge is 0.461 e. The molecule has 0 aliphatic heterocycles. The number of carbonyl (C=O) groups excluding carboxylic acids is 1. The van der Waals surface area contributed by atoms with Crippen LogP contribution >= 0.6 is 0 Å². The van der Waals surface area contributed by atoms with E-state index in [-0.39, 0.29) is 19.5 Å². The second-order valence-corrected chi connectivity index (χ2v) is 2.69. The Bertz CT molecular complexity index is 479. The Morgan fingerprint density at radius 1 is 1.64 bits per heavy atom. The minimum Gasteiger partial charge on any atom is -0.461 e. The van der Waals surface area contributed by atoms with Gasteiger partial charge in [0.05, 0.1) is 5.58 Å². The average Bonchev–Trinajstić information content (AvgIpc) is 2.42. The van der Waals surface area contributed by atoms with E-state index in [0.717, 1.165) is 0 Å². The fourth-order valence-electron chi connectivity index (χ4n) is 1.13. The number of nitrogens with zero attached hydrogens (tertiary/aromatic N) is 1. The summed E-state index contributed by atoms with van der Waals surface area (Å²) >= 11 is 0. The predicted molar refractivity (Wildman–Crippen MR) is 46.1 cm³/mol. The van der Waals surface area contributed by atoms with Crippen LogP contribution in [-0.2, 0) is 19.5 Å². The van der Waals surface area contributed by atoms with Crippen molar-refractivity contribution in [1.29, 1.82) is 0 Å². The smallest absolute Gasteiger partial charge is 0.180 e. The molecule has 1 aromatic carbocycles. The van der Waals surface area contributed by atoms with Gasteiger partial charge in [-0.15, -0.1) is 12.1 Å². The first-order chi connectivity index (χ1) is 6.16. The number of hydrogen-bond donors (Lipinski definition) is 1. The van der Waals surface area contributed by atoms with E-state index in [2.05, 4.69) is 11.1 Å². The summed E-state index contributed by atoms with van der Waals surface area (Å²) < 4.78 is 5.22. The summed E-state index contributed by atoms with van der Waals surface area (Å²) in [7, 11) is 0. The quantitative estimate of drug-likeness (QED) is 0.625. The molecular formula is C9H7N2O2Rh-. The minimum absolute atomic E-state index is 0. The molecule has 0 spiro atoms. The Balaban J connectivity index is 0.000000980. The zero-order valence-electron chi connectivity index (χ0n) is 7.33. The van der Waals surface area contributed by atoms with E-state index in [0.29, 0.717) is 22.6 Å². The van der Waals surface area contributed by atoms with Gasteiger partial charge in [-0.25, -0.2) is 0 Å². The summed E-state index contributed by atoms with van der Waals surface area (Å²) in [5, 5.41) is 0. The number of nitrogens with two attached hydrogens (primary N) is 1. The number of primary amides is 1. The van der Waals surface area contributed by atoms with Gasteiger partial charge in [-0.3, -0.25) is 4.98 Å². The van der Waals surface area contributed by atoms with Gasteiger partial charge in [0.2, 0.25) is 0 Å². The van der Waals surface area contributed by atoms with E-state index >= 15 is 0 Å². The molecule has 2 rings (SSSR count). The molecule has 1 aromatic heterocycles. The molecule has 0 fully saturated rings. The standard InChI is InChI=1S/C9H7N2O2.Rh/c1-5-11-7-3-2-6(9(10)12)4-8(7)13-5;/h3-4H,1H3,(H2,10,12);/q-1;. The Hall–Kier alpha value is -1.22. The topological polar surface area (TPSA) is 69.1 Å². The second kappa shape index (κ2) is 3.88. The van der Waals surface area contributed by atoms with Crippen molar-refractivity contribution in [2.24, 2.45) is 5.73 Å². The van der Waals surface area contributed by atoms with Crippen LogP contribution in [0.5, 0.6) is 0 Å². The van der Waals surface area contributed by atoms with Crippen LogP contribution in [0.3, 0.4) is 0 Å². The van der Waals surface area contributed by atoms with Gasteiger partial charge in [0.1, 0.15) is 0 Å². The number of oxazole rings is 1. The van der Waals surface area contributed by atoms with E-state index in [1.165, 1.54) is 6.07 Å². The maximum atomic E-state index is 10.8. The molecule has 1 amide bonds. The monoisotopic (exact) mass is 278 g/mol. The number of aryl methyl sites for hydroxylation is 1. The molecule has 75 valence electrons. The van der Waals surface area contributed by atoms with Crippen molar-refractivity contribution >= 4 is 17.0 Å². The van der Waals surface area contributed by atoms with Gasteiger partial charge in [0.15, 0.2) is 11.8 Å². The van der Waals surface area contributed by atoms with Crippen molar-refractivity contribution in [2.75, 3.05) is 0 Å². The van der Waals surface area contributed by atoms with Crippen LogP contribution in [0.1, 0.15) is 16.2 Å². The molecule has 14 heavy (non-hydrogen) atoms. The zero-order chi connectivity index (χ0) is 9.42. The molecule has 0 atom stereocenters. The SMILES string of the molecule is Cc1nc2c[c-]c(C(N)=O)cc2o1.[Rh]. The first-order valence-corrected chi connectivity index (χ1v) is 3.75. The molecular weight excluding hydrogens is 271 g/mol. The zero-order valence-corrected chi connectivity index (χ0v) is 8.97. The van der Waals surface area contributed by atoms with Gasteiger partial charge in [-0.2, -0.15) is 0 Å². The van der Waals surface area contributed by atoms with Crippen molar-refractivity contribution in [3.8, 4) is 0 Å². The van der Waals surface area contributed by atoms with Crippen molar-refractivity contribution in [1.82, 2.24) is 4.98 Å². The van der Waals surface area contributed by atoms with E-state index in [1.807, 2.05) is 0 Å². The summed E-state index contributed by atoms with van der Waals surface area (Å²) in [6.07, 6.45) is 0. The molecule has 5 heteroatoms. The van der Waals surface area contributed by atoms with Crippen molar-refractivity contribution < 1.29 is 28.7 Å². The average molecular weight is 278 g/mol. The predicted octanol–water partition coefficient (Wildman–Crippen LogP) is 1.03. The Morgan fingerprint density at radius 3 is 3.00 bits per heavy atom. The van der Waals surface area contributed by atoms with Crippen LogP contribution < -0.4 is 5.73 Å². The fourth-order valence-corrected chi connectivity index (χ4v) is 1.13. The third kappa shape index (κ3) is 1.82. The van der Waals surface area contributed by atoms with Crippen LogP contribution in [0.4, 0.5) is 0 Å². The number of benzene rings is 1. The number of hydrogen-bond acceptors (Lipinski definition) is 3. The van der Waals surface area contributed by atoms with Crippen molar-refractivity contribution in [3.05, 3.63) is 29.7 Å². The number of aromatic nitrogens is 1. The minimum atomic E-state index is -0.518.